The Hall–Kier alpha value is -2.56. The van der Waals surface area contributed by atoms with Crippen molar-refractivity contribution in [2.24, 2.45) is 0 Å². The SMILES string of the molecule is COC(=O)c1c[nH]c(C(=O)OC)c1-c1ccccc1. The van der Waals surface area contributed by atoms with Gasteiger partial charge in [0.15, 0.2) is 0 Å². The average Bonchev–Trinajstić information content (AvgIpc) is 2.91. The number of carbonyl (C=O) groups excluding carboxylic acids is 2. The van der Waals surface area contributed by atoms with Crippen LogP contribution in [0.4, 0.5) is 0 Å². The lowest BCUT2D eigenvalue weighted by atomic mass is 10.0. The number of hydrogen-bond donors (Lipinski definition) is 1. The van der Waals surface area contributed by atoms with E-state index in [1.807, 2.05) is 30.3 Å². The zero-order chi connectivity index (χ0) is 13.8. The van der Waals surface area contributed by atoms with Crippen LogP contribution < -0.4 is 0 Å². The van der Waals surface area contributed by atoms with Crippen LogP contribution in [0.5, 0.6) is 0 Å². The second kappa shape index (κ2) is 5.39. The van der Waals surface area contributed by atoms with Gasteiger partial charge in [0, 0.05) is 11.8 Å². The molecule has 0 fully saturated rings. The van der Waals surface area contributed by atoms with E-state index in [1.54, 1.807) is 0 Å². The smallest absolute Gasteiger partial charge is 0.355 e. The quantitative estimate of drug-likeness (QED) is 0.858. The Labute approximate surface area is 110 Å². The summed E-state index contributed by atoms with van der Waals surface area (Å²) in [6.07, 6.45) is 1.44. The minimum atomic E-state index is -0.533. The molecule has 0 aliphatic rings. The van der Waals surface area contributed by atoms with E-state index < -0.39 is 11.9 Å². The highest BCUT2D eigenvalue weighted by atomic mass is 16.5. The van der Waals surface area contributed by atoms with Crippen molar-refractivity contribution in [1.82, 2.24) is 4.98 Å². The van der Waals surface area contributed by atoms with Crippen molar-refractivity contribution >= 4 is 11.9 Å². The Morgan fingerprint density at radius 3 is 2.21 bits per heavy atom. The standard InChI is InChI=1S/C14H13NO4/c1-18-13(16)10-8-15-12(14(17)19-2)11(10)9-6-4-3-5-7-9/h3-8,15H,1-2H3. The third kappa shape index (κ3) is 2.35. The summed E-state index contributed by atoms with van der Waals surface area (Å²) in [5.41, 5.74) is 1.76. The molecule has 0 saturated carbocycles. The highest BCUT2D eigenvalue weighted by Crippen LogP contribution is 2.28. The number of methoxy groups -OCH3 is 2. The molecule has 19 heavy (non-hydrogen) atoms. The molecule has 0 amide bonds. The van der Waals surface area contributed by atoms with E-state index in [2.05, 4.69) is 4.98 Å². The molecule has 5 heteroatoms. The number of H-pyrrole nitrogens is 1. The summed E-state index contributed by atoms with van der Waals surface area (Å²) >= 11 is 0. The van der Waals surface area contributed by atoms with Crippen LogP contribution in [0.1, 0.15) is 20.8 Å². The first-order valence-electron chi connectivity index (χ1n) is 5.62. The number of carbonyl (C=O) groups is 2. The molecule has 0 radical (unpaired) electrons. The average molecular weight is 259 g/mol. The lowest BCUT2D eigenvalue weighted by Gasteiger charge is -2.05. The number of nitrogens with one attached hydrogen (secondary N) is 1. The number of aromatic amines is 1. The van der Waals surface area contributed by atoms with Crippen LogP contribution in [-0.4, -0.2) is 31.1 Å². The van der Waals surface area contributed by atoms with Gasteiger partial charge in [-0.2, -0.15) is 0 Å². The first-order chi connectivity index (χ1) is 9.19. The largest absolute Gasteiger partial charge is 0.465 e. The minimum absolute atomic E-state index is 0.231. The van der Waals surface area contributed by atoms with Gasteiger partial charge in [0.05, 0.1) is 19.8 Å². The second-order valence-corrected chi connectivity index (χ2v) is 3.80. The van der Waals surface area contributed by atoms with E-state index >= 15 is 0 Å². The first-order valence-corrected chi connectivity index (χ1v) is 5.62. The third-order valence-electron chi connectivity index (χ3n) is 2.74. The molecule has 2 rings (SSSR count). The van der Waals surface area contributed by atoms with Gasteiger partial charge in [0.25, 0.3) is 0 Å². The van der Waals surface area contributed by atoms with E-state index in [9.17, 15) is 9.59 Å². The molecule has 2 aromatic rings. The molecule has 1 heterocycles. The fraction of sp³-hybridized carbons (Fsp3) is 0.143. The summed E-state index contributed by atoms with van der Waals surface area (Å²) in [6.45, 7) is 0. The van der Waals surface area contributed by atoms with Gasteiger partial charge in [-0.05, 0) is 5.56 Å². The van der Waals surface area contributed by atoms with Gasteiger partial charge in [-0.3, -0.25) is 0 Å². The summed E-state index contributed by atoms with van der Waals surface area (Å²) in [7, 11) is 2.58. The van der Waals surface area contributed by atoms with Crippen LogP contribution in [0.2, 0.25) is 0 Å². The Morgan fingerprint density at radius 1 is 1.00 bits per heavy atom. The highest BCUT2D eigenvalue weighted by molar-refractivity contribution is 6.05. The van der Waals surface area contributed by atoms with Crippen LogP contribution in [-0.2, 0) is 9.47 Å². The predicted octanol–water partition coefficient (Wildman–Crippen LogP) is 2.25. The zero-order valence-electron chi connectivity index (χ0n) is 10.6. The summed E-state index contributed by atoms with van der Waals surface area (Å²) in [5.74, 6) is -1.04. The number of rotatable bonds is 3. The Morgan fingerprint density at radius 2 is 1.63 bits per heavy atom. The fourth-order valence-electron chi connectivity index (χ4n) is 1.86. The Balaban J connectivity index is 2.63. The maximum absolute atomic E-state index is 11.7. The molecule has 0 aliphatic heterocycles. The molecule has 0 saturated heterocycles. The van der Waals surface area contributed by atoms with Crippen molar-refractivity contribution in [3.05, 3.63) is 47.8 Å². The molecule has 0 unspecified atom stereocenters. The van der Waals surface area contributed by atoms with Gasteiger partial charge in [-0.15, -0.1) is 0 Å². The third-order valence-corrected chi connectivity index (χ3v) is 2.74. The maximum atomic E-state index is 11.7. The van der Waals surface area contributed by atoms with Crippen molar-refractivity contribution < 1.29 is 19.1 Å². The van der Waals surface area contributed by atoms with Crippen LogP contribution >= 0.6 is 0 Å². The van der Waals surface area contributed by atoms with Crippen molar-refractivity contribution in [1.29, 1.82) is 0 Å². The highest BCUT2D eigenvalue weighted by Gasteiger charge is 2.23. The summed E-state index contributed by atoms with van der Waals surface area (Å²) in [6, 6.07) is 9.12. The van der Waals surface area contributed by atoms with Crippen molar-refractivity contribution in [3.63, 3.8) is 0 Å². The molecule has 5 nitrogen and oxygen atoms in total. The molecule has 0 atom stereocenters. The van der Waals surface area contributed by atoms with E-state index in [4.69, 9.17) is 9.47 Å². The molecule has 1 aromatic heterocycles. The number of esters is 2. The molecule has 0 spiro atoms. The first kappa shape index (κ1) is 12.9. The van der Waals surface area contributed by atoms with E-state index in [1.165, 1.54) is 20.4 Å². The molecule has 0 aliphatic carbocycles. The number of benzene rings is 1. The zero-order valence-corrected chi connectivity index (χ0v) is 10.6. The Kier molecular flexibility index (Phi) is 3.66. The van der Waals surface area contributed by atoms with Gasteiger partial charge in [0.2, 0.25) is 0 Å². The molecular weight excluding hydrogens is 246 g/mol. The minimum Gasteiger partial charge on any atom is -0.465 e. The number of aromatic nitrogens is 1. The maximum Gasteiger partial charge on any atom is 0.355 e. The molecule has 98 valence electrons. The predicted molar refractivity (Wildman–Crippen MR) is 68.9 cm³/mol. The monoisotopic (exact) mass is 259 g/mol. The van der Waals surface area contributed by atoms with Crippen molar-refractivity contribution in [2.75, 3.05) is 14.2 Å². The molecule has 0 bridgehead atoms. The van der Waals surface area contributed by atoms with Gasteiger partial charge in [0.1, 0.15) is 5.69 Å². The Bertz CT molecular complexity index is 568. The lowest BCUT2D eigenvalue weighted by molar-refractivity contribution is 0.0594. The van der Waals surface area contributed by atoms with Crippen molar-refractivity contribution in [3.8, 4) is 11.1 Å². The van der Waals surface area contributed by atoms with Crippen LogP contribution in [0.3, 0.4) is 0 Å². The van der Waals surface area contributed by atoms with Crippen LogP contribution in [0, 0.1) is 0 Å². The molecule has 1 aromatic carbocycles. The summed E-state index contributed by atoms with van der Waals surface area (Å²) in [5, 5.41) is 0. The van der Waals surface area contributed by atoms with Gasteiger partial charge >= 0.3 is 11.9 Å². The number of ether oxygens (including phenoxy) is 2. The summed E-state index contributed by atoms with van der Waals surface area (Å²) < 4.78 is 9.42. The van der Waals surface area contributed by atoms with E-state index in [0.717, 1.165) is 5.56 Å². The van der Waals surface area contributed by atoms with Gasteiger partial charge in [-0.1, -0.05) is 30.3 Å². The van der Waals surface area contributed by atoms with Crippen LogP contribution in [0.25, 0.3) is 11.1 Å². The van der Waals surface area contributed by atoms with E-state index in [0.29, 0.717) is 11.1 Å². The van der Waals surface area contributed by atoms with E-state index in [-0.39, 0.29) is 5.69 Å². The molecule has 1 N–H and O–H groups in total. The second-order valence-electron chi connectivity index (χ2n) is 3.80. The van der Waals surface area contributed by atoms with Gasteiger partial charge < -0.3 is 14.5 Å². The lowest BCUT2D eigenvalue weighted by Crippen LogP contribution is -2.06. The number of hydrogen-bond acceptors (Lipinski definition) is 4. The normalized spacial score (nSPS) is 10.0. The fourth-order valence-corrected chi connectivity index (χ4v) is 1.86. The molecular formula is C14H13NO4. The topological polar surface area (TPSA) is 68.4 Å². The van der Waals surface area contributed by atoms with Crippen molar-refractivity contribution in [2.45, 2.75) is 0 Å². The van der Waals surface area contributed by atoms with Gasteiger partial charge in [-0.25, -0.2) is 9.59 Å². The van der Waals surface area contributed by atoms with Crippen LogP contribution in [0.15, 0.2) is 36.5 Å². The summed E-state index contributed by atoms with van der Waals surface area (Å²) in [4.78, 5) is 26.2.